The van der Waals surface area contributed by atoms with Crippen LogP contribution in [-0.4, -0.2) is 41.8 Å². The highest BCUT2D eigenvalue weighted by atomic mass is 79.9. The van der Waals surface area contributed by atoms with Gasteiger partial charge < -0.3 is 14.4 Å². The van der Waals surface area contributed by atoms with E-state index in [4.69, 9.17) is 26.1 Å². The second-order valence-corrected chi connectivity index (χ2v) is 12.5. The Labute approximate surface area is 207 Å². The van der Waals surface area contributed by atoms with E-state index in [9.17, 15) is 4.79 Å². The molecular formula is C24H30BrClN2O3S. The largest absolute Gasteiger partial charge is 0.495 e. The van der Waals surface area contributed by atoms with Crippen molar-refractivity contribution in [2.75, 3.05) is 20.2 Å². The van der Waals surface area contributed by atoms with Crippen LogP contribution in [0.5, 0.6) is 5.75 Å². The van der Waals surface area contributed by atoms with Crippen LogP contribution in [0.25, 0.3) is 11.3 Å². The van der Waals surface area contributed by atoms with Gasteiger partial charge in [0.15, 0.2) is 0 Å². The Morgan fingerprint density at radius 3 is 2.50 bits per heavy atom. The maximum Gasteiger partial charge on any atom is 0.410 e. The summed E-state index contributed by atoms with van der Waals surface area (Å²) in [6.07, 6.45) is 3.80. The lowest BCUT2D eigenvalue weighted by Crippen LogP contribution is -2.41. The highest BCUT2D eigenvalue weighted by Crippen LogP contribution is 2.53. The van der Waals surface area contributed by atoms with Crippen molar-refractivity contribution in [3.05, 3.63) is 31.5 Å². The Kier molecular flexibility index (Phi) is 6.56. The molecule has 8 heteroatoms. The molecule has 2 aromatic rings. The highest BCUT2D eigenvalue weighted by molar-refractivity contribution is 9.10. The molecule has 0 unspecified atom stereocenters. The number of thiazole rings is 1. The van der Waals surface area contributed by atoms with Gasteiger partial charge in [0.1, 0.15) is 21.4 Å². The zero-order chi connectivity index (χ0) is 23.3. The number of benzene rings is 1. The average molecular weight is 542 g/mol. The summed E-state index contributed by atoms with van der Waals surface area (Å²) in [4.78, 5) is 19.1. The van der Waals surface area contributed by atoms with Crippen LogP contribution in [0.4, 0.5) is 4.79 Å². The standard InChI is InChI=1S/C24H30BrClN2O3S/c1-23(2,3)31-22(29)28-10-6-14(7-11-28)21-27-18(20(26)32-21)15-12-16(24(4)8-9-24)19(30-5)17(25)13-15/h12-14H,6-11H2,1-5H3. The summed E-state index contributed by atoms with van der Waals surface area (Å²) in [5.74, 6) is 1.20. The molecule has 1 aliphatic heterocycles. The first kappa shape index (κ1) is 23.8. The summed E-state index contributed by atoms with van der Waals surface area (Å²) >= 11 is 11.9. The molecule has 1 saturated carbocycles. The number of carbonyl (C=O) groups excluding carboxylic acids is 1. The Morgan fingerprint density at radius 2 is 1.94 bits per heavy atom. The van der Waals surface area contributed by atoms with Gasteiger partial charge in [0, 0.05) is 30.1 Å². The Morgan fingerprint density at radius 1 is 1.28 bits per heavy atom. The molecule has 32 heavy (non-hydrogen) atoms. The zero-order valence-electron chi connectivity index (χ0n) is 19.3. The Hall–Kier alpha value is -1.31. The fourth-order valence-electron chi connectivity index (χ4n) is 4.15. The summed E-state index contributed by atoms with van der Waals surface area (Å²) in [6.45, 7) is 9.29. The number of carbonyl (C=O) groups is 1. The minimum atomic E-state index is -0.477. The van der Waals surface area contributed by atoms with Crippen LogP contribution in [0.15, 0.2) is 16.6 Å². The molecule has 4 rings (SSSR count). The van der Waals surface area contributed by atoms with Crippen LogP contribution in [0.1, 0.15) is 69.9 Å². The van der Waals surface area contributed by atoms with Crippen LogP contribution < -0.4 is 4.74 Å². The molecule has 2 heterocycles. The number of nitrogens with zero attached hydrogens (tertiary/aromatic N) is 2. The second-order valence-electron chi connectivity index (χ2n) is 10.0. The number of piperidine rings is 1. The molecule has 0 N–H and O–H groups in total. The summed E-state index contributed by atoms with van der Waals surface area (Å²) in [6, 6.07) is 4.23. The van der Waals surface area contributed by atoms with E-state index in [-0.39, 0.29) is 11.5 Å². The normalized spacial score (nSPS) is 18.5. The number of amides is 1. The van der Waals surface area contributed by atoms with Crippen molar-refractivity contribution in [3.8, 4) is 17.0 Å². The second kappa shape index (κ2) is 8.80. The van der Waals surface area contributed by atoms with Crippen molar-refractivity contribution in [1.82, 2.24) is 9.88 Å². The summed E-state index contributed by atoms with van der Waals surface area (Å²) in [5.41, 5.74) is 2.73. The predicted octanol–water partition coefficient (Wildman–Crippen LogP) is 7.40. The highest BCUT2D eigenvalue weighted by Gasteiger charge is 2.42. The van der Waals surface area contributed by atoms with Gasteiger partial charge in [-0.05, 0) is 79.9 Å². The smallest absolute Gasteiger partial charge is 0.410 e. The van der Waals surface area contributed by atoms with E-state index >= 15 is 0 Å². The molecule has 2 aliphatic rings. The Balaban J connectivity index is 1.52. The predicted molar refractivity (Wildman–Crippen MR) is 133 cm³/mol. The summed E-state index contributed by atoms with van der Waals surface area (Å²) < 4.78 is 12.8. The van der Waals surface area contributed by atoms with Gasteiger partial charge in [-0.1, -0.05) is 18.5 Å². The molecule has 0 bridgehead atoms. The molecule has 5 nitrogen and oxygen atoms in total. The maximum absolute atomic E-state index is 12.4. The minimum absolute atomic E-state index is 0.156. The fourth-order valence-corrected chi connectivity index (χ4v) is 6.14. The van der Waals surface area contributed by atoms with Crippen molar-refractivity contribution in [1.29, 1.82) is 0 Å². The van der Waals surface area contributed by atoms with E-state index in [1.54, 1.807) is 23.3 Å². The maximum atomic E-state index is 12.4. The monoisotopic (exact) mass is 540 g/mol. The number of hydrogen-bond donors (Lipinski definition) is 0. The van der Waals surface area contributed by atoms with Crippen molar-refractivity contribution in [2.24, 2.45) is 0 Å². The lowest BCUT2D eigenvalue weighted by Gasteiger charge is -2.32. The third kappa shape index (κ3) is 4.95. The van der Waals surface area contributed by atoms with E-state index in [0.29, 0.717) is 23.3 Å². The van der Waals surface area contributed by atoms with Gasteiger partial charge in [-0.3, -0.25) is 0 Å². The van der Waals surface area contributed by atoms with Gasteiger partial charge in [0.2, 0.25) is 0 Å². The molecule has 0 radical (unpaired) electrons. The van der Waals surface area contributed by atoms with Crippen LogP contribution in [-0.2, 0) is 10.2 Å². The van der Waals surface area contributed by atoms with Crippen molar-refractivity contribution < 1.29 is 14.3 Å². The van der Waals surface area contributed by atoms with Crippen molar-refractivity contribution in [3.63, 3.8) is 0 Å². The first-order chi connectivity index (χ1) is 15.0. The van der Waals surface area contributed by atoms with Crippen LogP contribution >= 0.6 is 38.9 Å². The van der Waals surface area contributed by atoms with Gasteiger partial charge in [-0.2, -0.15) is 0 Å². The zero-order valence-corrected chi connectivity index (χ0v) is 22.4. The topological polar surface area (TPSA) is 51.7 Å². The number of likely N-dealkylation sites (tertiary alicyclic amines) is 1. The van der Waals surface area contributed by atoms with E-state index in [2.05, 4.69) is 28.9 Å². The molecule has 0 atom stereocenters. The van der Waals surface area contributed by atoms with Crippen LogP contribution in [0.3, 0.4) is 0 Å². The molecule has 1 amide bonds. The lowest BCUT2D eigenvalue weighted by molar-refractivity contribution is 0.0205. The number of rotatable bonds is 4. The lowest BCUT2D eigenvalue weighted by atomic mass is 9.94. The first-order valence-electron chi connectivity index (χ1n) is 11.0. The number of aromatic nitrogens is 1. The average Bonchev–Trinajstić information content (AvgIpc) is 3.35. The quantitative estimate of drug-likeness (QED) is 0.405. The Bertz CT molecular complexity index is 1020. The minimum Gasteiger partial charge on any atom is -0.495 e. The van der Waals surface area contributed by atoms with Crippen LogP contribution in [0.2, 0.25) is 4.34 Å². The van der Waals surface area contributed by atoms with Crippen LogP contribution in [0, 0.1) is 0 Å². The molecule has 2 fully saturated rings. The van der Waals surface area contributed by atoms with Gasteiger partial charge >= 0.3 is 6.09 Å². The van der Waals surface area contributed by atoms with E-state index in [0.717, 1.165) is 52.2 Å². The summed E-state index contributed by atoms with van der Waals surface area (Å²) in [5, 5.41) is 1.04. The molecule has 1 aliphatic carbocycles. The van der Waals surface area contributed by atoms with Gasteiger partial charge in [-0.25, -0.2) is 9.78 Å². The first-order valence-corrected chi connectivity index (χ1v) is 13.0. The van der Waals surface area contributed by atoms with E-state index in [1.807, 2.05) is 26.8 Å². The molecule has 0 spiro atoms. The third-order valence-corrected chi connectivity index (χ3v) is 8.28. The molecule has 1 aromatic heterocycles. The molecular weight excluding hydrogens is 512 g/mol. The number of ether oxygens (including phenoxy) is 2. The third-order valence-electron chi connectivity index (χ3n) is 6.27. The van der Waals surface area contributed by atoms with Crippen molar-refractivity contribution >= 4 is 45.0 Å². The molecule has 1 aromatic carbocycles. The molecule has 1 saturated heterocycles. The number of hydrogen-bond acceptors (Lipinski definition) is 5. The SMILES string of the molecule is COc1c(Br)cc(-c2nc(C3CCN(C(=O)OC(C)(C)C)CC3)sc2Cl)cc1C1(C)CC1. The fraction of sp³-hybridized carbons (Fsp3) is 0.583. The van der Waals surface area contributed by atoms with E-state index in [1.165, 1.54) is 5.56 Å². The van der Waals surface area contributed by atoms with E-state index < -0.39 is 5.60 Å². The number of halogens is 2. The van der Waals surface area contributed by atoms with Gasteiger partial charge in [0.05, 0.1) is 16.6 Å². The summed E-state index contributed by atoms with van der Waals surface area (Å²) in [7, 11) is 1.71. The number of methoxy groups -OCH3 is 1. The van der Waals surface area contributed by atoms with Crippen molar-refractivity contribution in [2.45, 2.75) is 70.3 Å². The van der Waals surface area contributed by atoms with Gasteiger partial charge in [-0.15, -0.1) is 11.3 Å². The van der Waals surface area contributed by atoms with Gasteiger partial charge in [0.25, 0.3) is 0 Å². The molecule has 174 valence electrons.